The second kappa shape index (κ2) is 4.40. The predicted molar refractivity (Wildman–Crippen MR) is 74.7 cm³/mol. The number of anilines is 3. The molecule has 3 N–H and O–H groups in total. The van der Waals surface area contributed by atoms with E-state index in [0.29, 0.717) is 11.0 Å². The van der Waals surface area contributed by atoms with Crippen molar-refractivity contribution in [3.63, 3.8) is 0 Å². The van der Waals surface area contributed by atoms with Crippen LogP contribution < -0.4 is 11.1 Å². The molecule has 0 radical (unpaired) electrons. The molecule has 3 heterocycles. The molecule has 0 saturated heterocycles. The number of nitrogens with two attached hydrogens (primary N) is 1. The zero-order valence-electron chi connectivity index (χ0n) is 10.1. The van der Waals surface area contributed by atoms with Crippen molar-refractivity contribution in [3.8, 4) is 0 Å². The second-order valence-corrected chi connectivity index (χ2v) is 4.52. The first-order valence-corrected chi connectivity index (χ1v) is 5.99. The number of nitrogen functional groups attached to an aromatic ring is 1. The van der Waals surface area contributed by atoms with E-state index in [4.69, 9.17) is 17.3 Å². The van der Waals surface area contributed by atoms with Crippen molar-refractivity contribution in [2.75, 3.05) is 11.1 Å². The number of pyridine rings is 1. The van der Waals surface area contributed by atoms with Gasteiger partial charge in [0.15, 0.2) is 0 Å². The Hall–Kier alpha value is -2.34. The van der Waals surface area contributed by atoms with Crippen LogP contribution in [-0.4, -0.2) is 19.4 Å². The molecule has 0 aliphatic rings. The fourth-order valence-corrected chi connectivity index (χ4v) is 1.85. The number of aromatic nitrogens is 4. The average Bonchev–Trinajstić information content (AvgIpc) is 2.81. The highest BCUT2D eigenvalue weighted by atomic mass is 35.5. The summed E-state index contributed by atoms with van der Waals surface area (Å²) in [6, 6.07) is 1.92. The minimum atomic E-state index is 0.249. The Kier molecular flexibility index (Phi) is 2.72. The van der Waals surface area contributed by atoms with Crippen molar-refractivity contribution in [3.05, 3.63) is 41.4 Å². The fourth-order valence-electron chi connectivity index (χ4n) is 1.76. The standard InChI is InChI=1S/C12H11ClN6/c1-7-6-19-3-2-15-10(19)4-9(7)17-12-16-5-8(13)11(14)18-12/h2-6H,1H3,(H3,14,16,17,18). The maximum absolute atomic E-state index is 5.79. The van der Waals surface area contributed by atoms with E-state index in [1.54, 1.807) is 6.20 Å². The minimum absolute atomic E-state index is 0.249. The smallest absolute Gasteiger partial charge is 0.229 e. The number of nitrogens with zero attached hydrogens (tertiary/aromatic N) is 4. The highest BCUT2D eigenvalue weighted by Crippen LogP contribution is 2.22. The summed E-state index contributed by atoms with van der Waals surface area (Å²) < 4.78 is 1.94. The van der Waals surface area contributed by atoms with Gasteiger partial charge >= 0.3 is 0 Å². The molecule has 19 heavy (non-hydrogen) atoms. The molecule has 0 fully saturated rings. The summed E-state index contributed by atoms with van der Waals surface area (Å²) in [4.78, 5) is 12.4. The van der Waals surface area contributed by atoms with Gasteiger partial charge in [-0.05, 0) is 12.5 Å². The number of fused-ring (bicyclic) bond motifs is 1. The van der Waals surface area contributed by atoms with E-state index in [1.807, 2.05) is 29.8 Å². The van der Waals surface area contributed by atoms with Gasteiger partial charge in [0, 0.05) is 30.3 Å². The van der Waals surface area contributed by atoms with Gasteiger partial charge in [0.2, 0.25) is 5.95 Å². The Morgan fingerprint density at radius 2 is 2.21 bits per heavy atom. The van der Waals surface area contributed by atoms with Gasteiger partial charge in [0.05, 0.1) is 6.20 Å². The molecule has 0 saturated carbocycles. The molecule has 0 unspecified atom stereocenters. The maximum atomic E-state index is 5.79. The lowest BCUT2D eigenvalue weighted by molar-refractivity contribution is 1.14. The van der Waals surface area contributed by atoms with E-state index < -0.39 is 0 Å². The van der Waals surface area contributed by atoms with Crippen molar-refractivity contribution >= 4 is 34.7 Å². The SMILES string of the molecule is Cc1cn2ccnc2cc1Nc1ncc(Cl)c(N)n1. The van der Waals surface area contributed by atoms with Gasteiger partial charge < -0.3 is 15.5 Å². The normalized spacial score (nSPS) is 10.8. The van der Waals surface area contributed by atoms with Gasteiger partial charge in [0.1, 0.15) is 16.5 Å². The molecule has 0 aromatic carbocycles. The zero-order chi connectivity index (χ0) is 13.4. The summed E-state index contributed by atoms with van der Waals surface area (Å²) in [7, 11) is 0. The summed E-state index contributed by atoms with van der Waals surface area (Å²) in [5.74, 6) is 0.652. The van der Waals surface area contributed by atoms with Crippen LogP contribution >= 0.6 is 11.6 Å². The fraction of sp³-hybridized carbons (Fsp3) is 0.0833. The molecule has 0 atom stereocenters. The minimum Gasteiger partial charge on any atom is -0.382 e. The van der Waals surface area contributed by atoms with Crippen molar-refractivity contribution in [2.45, 2.75) is 6.92 Å². The third-order valence-electron chi connectivity index (χ3n) is 2.75. The zero-order valence-corrected chi connectivity index (χ0v) is 10.9. The lowest BCUT2D eigenvalue weighted by Gasteiger charge is -2.09. The number of hydrogen-bond acceptors (Lipinski definition) is 5. The molecule has 96 valence electrons. The number of halogens is 1. The van der Waals surface area contributed by atoms with E-state index in [0.717, 1.165) is 16.9 Å². The molecule has 7 heteroatoms. The Labute approximate surface area is 114 Å². The monoisotopic (exact) mass is 274 g/mol. The van der Waals surface area contributed by atoms with Gasteiger partial charge in [-0.1, -0.05) is 11.6 Å². The Morgan fingerprint density at radius 3 is 3.00 bits per heavy atom. The molecular weight excluding hydrogens is 264 g/mol. The number of nitrogens with one attached hydrogen (secondary N) is 1. The molecule has 0 aliphatic carbocycles. The largest absolute Gasteiger partial charge is 0.382 e. The molecule has 0 amide bonds. The lowest BCUT2D eigenvalue weighted by Crippen LogP contribution is -2.02. The van der Waals surface area contributed by atoms with Crippen LogP contribution in [0.4, 0.5) is 17.5 Å². The first-order valence-electron chi connectivity index (χ1n) is 5.62. The van der Waals surface area contributed by atoms with E-state index in [9.17, 15) is 0 Å². The highest BCUT2D eigenvalue weighted by Gasteiger charge is 2.06. The molecule has 3 aromatic rings. The Balaban J connectivity index is 1.99. The summed E-state index contributed by atoms with van der Waals surface area (Å²) >= 11 is 5.79. The van der Waals surface area contributed by atoms with E-state index >= 15 is 0 Å². The van der Waals surface area contributed by atoms with Gasteiger partial charge in [-0.3, -0.25) is 0 Å². The summed E-state index contributed by atoms with van der Waals surface area (Å²) in [6.45, 7) is 1.99. The van der Waals surface area contributed by atoms with Crippen LogP contribution in [0.25, 0.3) is 5.65 Å². The lowest BCUT2D eigenvalue weighted by atomic mass is 10.2. The summed E-state index contributed by atoms with van der Waals surface area (Å²) in [5.41, 5.74) is 8.41. The summed E-state index contributed by atoms with van der Waals surface area (Å²) in [6.07, 6.45) is 7.08. The molecule has 6 nitrogen and oxygen atoms in total. The van der Waals surface area contributed by atoms with E-state index in [1.165, 1.54) is 6.20 Å². The Morgan fingerprint density at radius 1 is 1.37 bits per heavy atom. The third-order valence-corrected chi connectivity index (χ3v) is 3.04. The Bertz CT molecular complexity index is 751. The van der Waals surface area contributed by atoms with Crippen molar-refractivity contribution in [1.29, 1.82) is 0 Å². The number of imidazole rings is 1. The molecule has 0 bridgehead atoms. The molecule has 0 spiro atoms. The number of rotatable bonds is 2. The van der Waals surface area contributed by atoms with Crippen LogP contribution in [0, 0.1) is 6.92 Å². The third kappa shape index (κ3) is 2.17. The molecule has 3 aromatic heterocycles. The van der Waals surface area contributed by atoms with Crippen LogP contribution in [0.5, 0.6) is 0 Å². The highest BCUT2D eigenvalue weighted by molar-refractivity contribution is 6.32. The van der Waals surface area contributed by atoms with Crippen LogP contribution in [0.3, 0.4) is 0 Å². The molecule has 0 aliphatic heterocycles. The van der Waals surface area contributed by atoms with E-state index in [-0.39, 0.29) is 5.82 Å². The number of hydrogen-bond donors (Lipinski definition) is 2. The first-order chi connectivity index (χ1) is 9.13. The van der Waals surface area contributed by atoms with Crippen LogP contribution in [-0.2, 0) is 0 Å². The molecular formula is C12H11ClN6. The topological polar surface area (TPSA) is 81.1 Å². The first kappa shape index (κ1) is 11.7. The maximum Gasteiger partial charge on any atom is 0.229 e. The van der Waals surface area contributed by atoms with Gasteiger partial charge in [-0.15, -0.1) is 0 Å². The van der Waals surface area contributed by atoms with E-state index in [2.05, 4.69) is 20.3 Å². The second-order valence-electron chi connectivity index (χ2n) is 4.11. The summed E-state index contributed by atoms with van der Waals surface area (Å²) in [5, 5.41) is 3.45. The van der Waals surface area contributed by atoms with Gasteiger partial charge in [0.25, 0.3) is 0 Å². The quantitative estimate of drug-likeness (QED) is 0.750. The molecule has 3 rings (SSSR count). The van der Waals surface area contributed by atoms with Crippen molar-refractivity contribution in [1.82, 2.24) is 19.4 Å². The van der Waals surface area contributed by atoms with Crippen LogP contribution in [0.15, 0.2) is 30.9 Å². The van der Waals surface area contributed by atoms with Crippen molar-refractivity contribution < 1.29 is 0 Å². The van der Waals surface area contributed by atoms with Gasteiger partial charge in [-0.25, -0.2) is 9.97 Å². The predicted octanol–water partition coefficient (Wildman–Crippen LogP) is 2.41. The van der Waals surface area contributed by atoms with Crippen molar-refractivity contribution in [2.24, 2.45) is 0 Å². The number of aryl methyl sites for hydroxylation is 1. The van der Waals surface area contributed by atoms with Gasteiger partial charge in [-0.2, -0.15) is 4.98 Å². The average molecular weight is 275 g/mol. The van der Waals surface area contributed by atoms with Crippen LogP contribution in [0.1, 0.15) is 5.56 Å². The van der Waals surface area contributed by atoms with Crippen LogP contribution in [0.2, 0.25) is 5.02 Å².